The van der Waals surface area contributed by atoms with Crippen molar-refractivity contribution in [3.63, 3.8) is 0 Å². The first-order chi connectivity index (χ1) is 14.8. The van der Waals surface area contributed by atoms with Gasteiger partial charge in [-0.2, -0.15) is 4.68 Å². The first-order valence-corrected chi connectivity index (χ1v) is 10.1. The number of carboxylic acids is 1. The lowest BCUT2D eigenvalue weighted by atomic mass is 9.94. The van der Waals surface area contributed by atoms with E-state index in [0.717, 1.165) is 22.4 Å². The average Bonchev–Trinajstić information content (AvgIpc) is 3.48. The number of rotatable bonds is 6. The molecule has 2 N–H and O–H groups in total. The molecule has 0 radical (unpaired) electrons. The van der Waals surface area contributed by atoms with Gasteiger partial charge in [-0.15, -0.1) is 5.10 Å². The largest absolute Gasteiger partial charge is 0.481 e. The molecule has 1 fully saturated rings. The van der Waals surface area contributed by atoms with Crippen molar-refractivity contribution < 1.29 is 19.4 Å². The molecule has 0 spiro atoms. The molecule has 31 heavy (non-hydrogen) atoms. The number of nitrogens with one attached hydrogen (secondary N) is 1. The lowest BCUT2D eigenvalue weighted by Gasteiger charge is -2.12. The van der Waals surface area contributed by atoms with Gasteiger partial charge in [0, 0.05) is 0 Å². The van der Waals surface area contributed by atoms with Crippen molar-refractivity contribution in [2.24, 2.45) is 0 Å². The molecular formula is C23H24N4O4. The van der Waals surface area contributed by atoms with E-state index in [2.05, 4.69) is 15.6 Å². The Kier molecular flexibility index (Phi) is 5.22. The van der Waals surface area contributed by atoms with Crippen LogP contribution in [0.15, 0.2) is 48.5 Å². The van der Waals surface area contributed by atoms with Crippen LogP contribution in [-0.4, -0.2) is 38.3 Å². The maximum Gasteiger partial charge on any atom is 0.413 e. The Bertz CT molecular complexity index is 1110. The normalized spacial score (nSPS) is 14.3. The number of aliphatic carboxylic acids is 1. The summed E-state index contributed by atoms with van der Waals surface area (Å²) in [6, 6.07) is 15.3. The summed E-state index contributed by atoms with van der Waals surface area (Å²) in [4.78, 5) is 23.5. The molecule has 1 saturated carbocycles. The molecule has 1 heterocycles. The second kappa shape index (κ2) is 7.86. The molecule has 0 atom stereocenters. The number of aromatic nitrogens is 3. The van der Waals surface area contributed by atoms with Gasteiger partial charge in [0.05, 0.1) is 17.2 Å². The van der Waals surface area contributed by atoms with Gasteiger partial charge < -0.3 is 9.84 Å². The molecule has 2 aromatic carbocycles. The Labute approximate surface area is 179 Å². The van der Waals surface area contributed by atoms with Crippen molar-refractivity contribution in [3.8, 4) is 16.8 Å². The van der Waals surface area contributed by atoms with E-state index in [-0.39, 0.29) is 6.10 Å². The van der Waals surface area contributed by atoms with Crippen LogP contribution in [0.2, 0.25) is 0 Å². The molecule has 1 aliphatic rings. The van der Waals surface area contributed by atoms with Crippen molar-refractivity contribution in [2.45, 2.75) is 45.1 Å². The average molecular weight is 420 g/mol. The summed E-state index contributed by atoms with van der Waals surface area (Å²) in [5.41, 5.74) is 3.44. The molecule has 4 rings (SSSR count). The van der Waals surface area contributed by atoms with Gasteiger partial charge in [-0.05, 0) is 62.4 Å². The fourth-order valence-corrected chi connectivity index (χ4v) is 3.55. The highest BCUT2D eigenvalue weighted by Crippen LogP contribution is 2.48. The summed E-state index contributed by atoms with van der Waals surface area (Å²) in [5, 5.41) is 20.3. The zero-order chi connectivity index (χ0) is 22.2. The van der Waals surface area contributed by atoms with Gasteiger partial charge in [-0.1, -0.05) is 41.6 Å². The quantitative estimate of drug-likeness (QED) is 0.615. The van der Waals surface area contributed by atoms with Crippen LogP contribution >= 0.6 is 0 Å². The van der Waals surface area contributed by atoms with Gasteiger partial charge >= 0.3 is 12.1 Å². The van der Waals surface area contributed by atoms with Crippen LogP contribution in [0.1, 0.15) is 37.9 Å². The Morgan fingerprint density at radius 1 is 1.06 bits per heavy atom. The molecular weight excluding hydrogens is 396 g/mol. The number of ether oxygens (including phenoxy) is 1. The number of hydrogen-bond donors (Lipinski definition) is 2. The SMILES string of the molecule is Cc1nnn(-c2ccc(-c3ccc(C4(C(=O)O)CC4)cc3)cc2)c1NC(=O)OC(C)C. The molecule has 1 amide bonds. The molecule has 8 nitrogen and oxygen atoms in total. The minimum absolute atomic E-state index is 0.236. The van der Waals surface area contributed by atoms with E-state index in [1.54, 1.807) is 25.5 Å². The van der Waals surface area contributed by atoms with Crippen molar-refractivity contribution in [1.82, 2.24) is 15.0 Å². The third kappa shape index (κ3) is 4.01. The van der Waals surface area contributed by atoms with Crippen LogP contribution in [0.5, 0.6) is 0 Å². The fourth-order valence-electron chi connectivity index (χ4n) is 3.55. The summed E-state index contributed by atoms with van der Waals surface area (Å²) in [6.07, 6.45) is 0.581. The van der Waals surface area contributed by atoms with Gasteiger partial charge in [0.2, 0.25) is 0 Å². The smallest absolute Gasteiger partial charge is 0.413 e. The summed E-state index contributed by atoms with van der Waals surface area (Å²) in [7, 11) is 0. The van der Waals surface area contributed by atoms with E-state index < -0.39 is 17.5 Å². The lowest BCUT2D eigenvalue weighted by Crippen LogP contribution is -2.20. The zero-order valence-corrected chi connectivity index (χ0v) is 17.6. The third-order valence-electron chi connectivity index (χ3n) is 5.44. The first-order valence-electron chi connectivity index (χ1n) is 10.1. The van der Waals surface area contributed by atoms with E-state index in [1.165, 1.54) is 0 Å². The number of carbonyl (C=O) groups excluding carboxylic acids is 1. The van der Waals surface area contributed by atoms with Crippen LogP contribution in [0, 0.1) is 6.92 Å². The lowest BCUT2D eigenvalue weighted by molar-refractivity contribution is -0.140. The number of carbonyl (C=O) groups is 2. The topological polar surface area (TPSA) is 106 Å². The second-order valence-electron chi connectivity index (χ2n) is 8.03. The molecule has 160 valence electrons. The molecule has 3 aromatic rings. The van der Waals surface area contributed by atoms with Crippen molar-refractivity contribution in [2.75, 3.05) is 5.32 Å². The van der Waals surface area contributed by atoms with E-state index in [1.807, 2.05) is 48.5 Å². The summed E-state index contributed by atoms with van der Waals surface area (Å²) in [6.45, 7) is 5.31. The second-order valence-corrected chi connectivity index (χ2v) is 8.03. The van der Waals surface area contributed by atoms with Gasteiger partial charge in [-0.25, -0.2) is 4.79 Å². The van der Waals surface area contributed by atoms with Gasteiger partial charge in [0.15, 0.2) is 5.82 Å². The first kappa shape index (κ1) is 20.6. The van der Waals surface area contributed by atoms with E-state index in [0.29, 0.717) is 24.4 Å². The van der Waals surface area contributed by atoms with Crippen molar-refractivity contribution in [1.29, 1.82) is 0 Å². The van der Waals surface area contributed by atoms with E-state index in [9.17, 15) is 14.7 Å². The minimum atomic E-state index is -0.755. The van der Waals surface area contributed by atoms with Crippen molar-refractivity contribution in [3.05, 3.63) is 59.8 Å². The van der Waals surface area contributed by atoms with E-state index >= 15 is 0 Å². The Morgan fingerprint density at radius 3 is 2.16 bits per heavy atom. The maximum atomic E-state index is 12.0. The number of aryl methyl sites for hydroxylation is 1. The summed E-state index contributed by atoms with van der Waals surface area (Å²) >= 11 is 0. The van der Waals surface area contributed by atoms with Crippen LogP contribution in [0.25, 0.3) is 16.8 Å². The molecule has 8 heteroatoms. The van der Waals surface area contributed by atoms with E-state index in [4.69, 9.17) is 4.74 Å². The van der Waals surface area contributed by atoms with Crippen LogP contribution in [-0.2, 0) is 14.9 Å². The Balaban J connectivity index is 1.54. The number of nitrogens with zero attached hydrogens (tertiary/aromatic N) is 3. The predicted octanol–water partition coefficient (Wildman–Crippen LogP) is 4.32. The van der Waals surface area contributed by atoms with Crippen molar-refractivity contribution >= 4 is 17.9 Å². The fraction of sp³-hybridized carbons (Fsp3) is 0.304. The number of carboxylic acid groups (broad SMARTS) is 1. The van der Waals surface area contributed by atoms with Crippen LogP contribution in [0.4, 0.5) is 10.6 Å². The zero-order valence-electron chi connectivity index (χ0n) is 17.6. The molecule has 1 aromatic heterocycles. The highest BCUT2D eigenvalue weighted by molar-refractivity contribution is 5.85. The number of hydrogen-bond acceptors (Lipinski definition) is 5. The van der Waals surface area contributed by atoms with Crippen LogP contribution < -0.4 is 5.32 Å². The standard InChI is InChI=1S/C23H24N4O4/c1-14(2)31-22(30)24-20-15(3)25-26-27(20)19-10-6-17(7-11-19)16-4-8-18(9-5-16)23(12-13-23)21(28)29/h4-11,14H,12-13H2,1-3H3,(H,24,30)(H,28,29). The highest BCUT2D eigenvalue weighted by atomic mass is 16.6. The predicted molar refractivity (Wildman–Crippen MR) is 115 cm³/mol. The van der Waals surface area contributed by atoms with Gasteiger partial charge in [0.1, 0.15) is 5.69 Å². The number of anilines is 1. The monoisotopic (exact) mass is 420 g/mol. The van der Waals surface area contributed by atoms with Gasteiger partial charge in [-0.3, -0.25) is 10.1 Å². The number of amides is 1. The summed E-state index contributed by atoms with van der Waals surface area (Å²) < 4.78 is 6.69. The Hall–Kier alpha value is -3.68. The molecule has 0 aliphatic heterocycles. The summed E-state index contributed by atoms with van der Waals surface area (Å²) in [5.74, 6) is -0.305. The molecule has 0 bridgehead atoms. The Morgan fingerprint density at radius 2 is 1.65 bits per heavy atom. The molecule has 0 saturated heterocycles. The maximum absolute atomic E-state index is 12.0. The van der Waals surface area contributed by atoms with Gasteiger partial charge in [0.25, 0.3) is 0 Å². The molecule has 0 unspecified atom stereocenters. The number of benzene rings is 2. The highest BCUT2D eigenvalue weighted by Gasteiger charge is 2.51. The molecule has 1 aliphatic carbocycles. The minimum Gasteiger partial charge on any atom is -0.481 e. The van der Waals surface area contributed by atoms with Crippen LogP contribution in [0.3, 0.4) is 0 Å². The third-order valence-corrected chi connectivity index (χ3v) is 5.44.